The molecule has 1 N–H and O–H groups in total. The van der Waals surface area contributed by atoms with E-state index in [9.17, 15) is 13.2 Å². The number of hydrogen-bond acceptors (Lipinski definition) is 3. The van der Waals surface area contributed by atoms with Crippen LogP contribution in [0.4, 0.5) is 18.9 Å². The van der Waals surface area contributed by atoms with Crippen LogP contribution < -0.4 is 10.1 Å². The van der Waals surface area contributed by atoms with E-state index in [1.54, 1.807) is 12.1 Å². The van der Waals surface area contributed by atoms with Crippen molar-refractivity contribution in [2.45, 2.75) is 31.7 Å². The molecule has 19 heavy (non-hydrogen) atoms. The van der Waals surface area contributed by atoms with Crippen molar-refractivity contribution in [3.63, 3.8) is 0 Å². The lowest BCUT2D eigenvalue weighted by Crippen LogP contribution is -2.22. The largest absolute Gasteiger partial charge is 0.573 e. The highest BCUT2D eigenvalue weighted by Crippen LogP contribution is 2.31. The number of ether oxygens (including phenoxy) is 2. The third kappa shape index (κ3) is 4.63. The van der Waals surface area contributed by atoms with Crippen LogP contribution in [-0.2, 0) is 4.74 Å². The first kappa shape index (κ1) is 14.0. The predicted molar refractivity (Wildman–Crippen MR) is 65.2 cm³/mol. The Bertz CT molecular complexity index is 401. The summed E-state index contributed by atoms with van der Waals surface area (Å²) in [5, 5.41) is 3.11. The molecule has 1 saturated heterocycles. The van der Waals surface area contributed by atoms with Crippen LogP contribution in [0.1, 0.15) is 19.3 Å². The zero-order valence-corrected chi connectivity index (χ0v) is 10.4. The molecule has 1 fully saturated rings. The summed E-state index contributed by atoms with van der Waals surface area (Å²) in [5.41, 5.74) is 0.367. The molecule has 2 rings (SSSR count). The molecule has 6 heteroatoms. The van der Waals surface area contributed by atoms with E-state index in [2.05, 4.69) is 10.1 Å². The molecule has 1 aromatic carbocycles. The van der Waals surface area contributed by atoms with E-state index in [1.807, 2.05) is 0 Å². The Labute approximate surface area is 109 Å². The lowest BCUT2D eigenvalue weighted by Gasteiger charge is -2.20. The Morgan fingerprint density at radius 1 is 1.16 bits per heavy atom. The van der Waals surface area contributed by atoms with E-state index in [0.29, 0.717) is 18.9 Å². The molecule has 1 aliphatic rings. The molecule has 106 valence electrons. The van der Waals surface area contributed by atoms with Crippen LogP contribution >= 0.6 is 0 Å². The van der Waals surface area contributed by atoms with Gasteiger partial charge in [-0.25, -0.2) is 0 Å². The van der Waals surface area contributed by atoms with Crippen LogP contribution in [0.3, 0.4) is 0 Å². The summed E-state index contributed by atoms with van der Waals surface area (Å²) in [7, 11) is 0. The van der Waals surface area contributed by atoms with E-state index in [4.69, 9.17) is 4.74 Å². The second-order valence-corrected chi connectivity index (χ2v) is 4.43. The third-order valence-corrected chi connectivity index (χ3v) is 2.92. The summed E-state index contributed by atoms with van der Waals surface area (Å²) >= 11 is 0. The second kappa shape index (κ2) is 6.14. The van der Waals surface area contributed by atoms with Crippen LogP contribution in [0, 0.1) is 0 Å². The Balaban J connectivity index is 2.06. The van der Waals surface area contributed by atoms with E-state index in [-0.39, 0.29) is 11.8 Å². The Morgan fingerprint density at radius 3 is 2.74 bits per heavy atom. The van der Waals surface area contributed by atoms with E-state index < -0.39 is 6.36 Å². The fraction of sp³-hybridized carbons (Fsp3) is 0.538. The molecule has 0 saturated carbocycles. The molecular formula is C13H16F3NO2. The fourth-order valence-electron chi connectivity index (χ4n) is 2.07. The van der Waals surface area contributed by atoms with Gasteiger partial charge in [0.1, 0.15) is 0 Å². The minimum atomic E-state index is -4.68. The Kier molecular flexibility index (Phi) is 4.52. The number of alkyl halides is 3. The minimum Gasteiger partial charge on any atom is -0.404 e. The van der Waals surface area contributed by atoms with Gasteiger partial charge < -0.3 is 14.8 Å². The van der Waals surface area contributed by atoms with Crippen LogP contribution in [0.5, 0.6) is 5.75 Å². The highest BCUT2D eigenvalue weighted by Gasteiger charge is 2.32. The SMILES string of the molecule is FC(F)(F)Oc1ccccc1NC1CCCOCC1. The number of hydrogen-bond donors (Lipinski definition) is 1. The molecule has 3 nitrogen and oxygen atoms in total. The van der Waals surface area contributed by atoms with Gasteiger partial charge >= 0.3 is 6.36 Å². The van der Waals surface area contributed by atoms with Crippen LogP contribution in [0.25, 0.3) is 0 Å². The van der Waals surface area contributed by atoms with Crippen molar-refractivity contribution in [2.24, 2.45) is 0 Å². The number of nitrogens with one attached hydrogen (secondary N) is 1. The van der Waals surface area contributed by atoms with Gasteiger partial charge in [0.25, 0.3) is 0 Å². The second-order valence-electron chi connectivity index (χ2n) is 4.43. The Morgan fingerprint density at radius 2 is 1.95 bits per heavy atom. The van der Waals surface area contributed by atoms with Gasteiger partial charge in [0, 0.05) is 19.3 Å². The maximum Gasteiger partial charge on any atom is 0.573 e. The number of benzene rings is 1. The van der Waals surface area contributed by atoms with Crippen molar-refractivity contribution < 1.29 is 22.6 Å². The molecule has 0 aliphatic carbocycles. The average molecular weight is 275 g/mol. The van der Waals surface area contributed by atoms with Crippen molar-refractivity contribution in [1.29, 1.82) is 0 Å². The molecule has 0 radical (unpaired) electrons. The first-order chi connectivity index (χ1) is 9.04. The van der Waals surface area contributed by atoms with Crippen LogP contribution in [0.2, 0.25) is 0 Å². The van der Waals surface area contributed by atoms with Crippen molar-refractivity contribution in [3.8, 4) is 5.75 Å². The average Bonchev–Trinajstić information content (AvgIpc) is 2.58. The van der Waals surface area contributed by atoms with Gasteiger partial charge in [0.15, 0.2) is 5.75 Å². The summed E-state index contributed by atoms with van der Waals surface area (Å²) in [6.45, 7) is 1.33. The number of anilines is 1. The normalized spacial score (nSPS) is 20.7. The van der Waals surface area contributed by atoms with Gasteiger partial charge in [-0.3, -0.25) is 0 Å². The minimum absolute atomic E-state index is 0.112. The molecule has 0 spiro atoms. The zero-order chi connectivity index (χ0) is 13.7. The van der Waals surface area contributed by atoms with Gasteiger partial charge in [-0.2, -0.15) is 0 Å². The van der Waals surface area contributed by atoms with Crippen LogP contribution in [0.15, 0.2) is 24.3 Å². The summed E-state index contributed by atoms with van der Waals surface area (Å²) in [4.78, 5) is 0. The van der Waals surface area contributed by atoms with E-state index >= 15 is 0 Å². The molecule has 0 amide bonds. The van der Waals surface area contributed by atoms with Gasteiger partial charge in [-0.15, -0.1) is 13.2 Å². The third-order valence-electron chi connectivity index (χ3n) is 2.92. The quantitative estimate of drug-likeness (QED) is 0.914. The van der Waals surface area contributed by atoms with Gasteiger partial charge in [0.05, 0.1) is 5.69 Å². The highest BCUT2D eigenvalue weighted by molar-refractivity contribution is 5.56. The summed E-state index contributed by atoms with van der Waals surface area (Å²) in [6.07, 6.45) is -2.12. The molecule has 0 bridgehead atoms. The molecule has 1 heterocycles. The standard InChI is InChI=1S/C13H16F3NO2/c14-13(15,16)19-12-6-2-1-5-11(12)17-10-4-3-8-18-9-7-10/h1-2,5-6,10,17H,3-4,7-9H2. The van der Waals surface area contributed by atoms with E-state index in [0.717, 1.165) is 19.3 Å². The molecule has 1 aliphatic heterocycles. The molecule has 0 aromatic heterocycles. The topological polar surface area (TPSA) is 30.5 Å². The fourth-order valence-corrected chi connectivity index (χ4v) is 2.07. The lowest BCUT2D eigenvalue weighted by molar-refractivity contribution is -0.274. The molecule has 1 unspecified atom stereocenters. The predicted octanol–water partition coefficient (Wildman–Crippen LogP) is 3.57. The van der Waals surface area contributed by atoms with Gasteiger partial charge in [-0.05, 0) is 31.4 Å². The summed E-state index contributed by atoms with van der Waals surface area (Å²) in [5.74, 6) is -0.194. The van der Waals surface area contributed by atoms with Crippen molar-refractivity contribution in [3.05, 3.63) is 24.3 Å². The van der Waals surface area contributed by atoms with Crippen molar-refractivity contribution in [2.75, 3.05) is 18.5 Å². The smallest absolute Gasteiger partial charge is 0.404 e. The van der Waals surface area contributed by atoms with E-state index in [1.165, 1.54) is 12.1 Å². The first-order valence-corrected chi connectivity index (χ1v) is 6.24. The molecule has 1 atom stereocenters. The lowest BCUT2D eigenvalue weighted by atomic mass is 10.1. The maximum atomic E-state index is 12.3. The molecule has 1 aromatic rings. The Hall–Kier alpha value is -1.43. The number of para-hydroxylation sites is 2. The molecular weight excluding hydrogens is 259 g/mol. The number of rotatable bonds is 3. The summed E-state index contributed by atoms with van der Waals surface area (Å²) < 4.78 is 46.2. The van der Waals surface area contributed by atoms with Gasteiger partial charge in [-0.1, -0.05) is 12.1 Å². The van der Waals surface area contributed by atoms with Crippen molar-refractivity contribution >= 4 is 5.69 Å². The van der Waals surface area contributed by atoms with Crippen molar-refractivity contribution in [1.82, 2.24) is 0 Å². The summed E-state index contributed by atoms with van der Waals surface area (Å²) in [6, 6.07) is 6.21. The highest BCUT2D eigenvalue weighted by atomic mass is 19.4. The first-order valence-electron chi connectivity index (χ1n) is 6.24. The van der Waals surface area contributed by atoms with Crippen LogP contribution in [-0.4, -0.2) is 25.6 Å². The monoisotopic (exact) mass is 275 g/mol. The maximum absolute atomic E-state index is 12.3. The van der Waals surface area contributed by atoms with Gasteiger partial charge in [0.2, 0.25) is 0 Å². The number of halogens is 3. The zero-order valence-electron chi connectivity index (χ0n) is 10.4.